The summed E-state index contributed by atoms with van der Waals surface area (Å²) in [6, 6.07) is 8.01. The highest BCUT2D eigenvalue weighted by Crippen LogP contribution is 2.08. The van der Waals surface area contributed by atoms with Crippen molar-refractivity contribution in [1.82, 2.24) is 9.78 Å². The number of hydrogen-bond donors (Lipinski definition) is 0. The van der Waals surface area contributed by atoms with Gasteiger partial charge in [-0.15, -0.1) is 0 Å². The molecule has 1 aromatic heterocycles. The second-order valence-electron chi connectivity index (χ2n) is 3.98. The van der Waals surface area contributed by atoms with Gasteiger partial charge in [-0.3, -0.25) is 4.68 Å². The molecule has 0 saturated carbocycles. The maximum Gasteiger partial charge on any atom is 0.338 e. The smallest absolute Gasteiger partial charge is 0.338 e. The summed E-state index contributed by atoms with van der Waals surface area (Å²) < 4.78 is 11.4. The first-order valence-electron chi connectivity index (χ1n) is 6.03. The molecule has 1 aromatic carbocycles. The van der Waals surface area contributed by atoms with E-state index in [0.717, 1.165) is 0 Å². The summed E-state index contributed by atoms with van der Waals surface area (Å²) in [7, 11) is 1.29. The fraction of sp³-hybridized carbons (Fsp3) is 0.214. The van der Waals surface area contributed by atoms with Crippen LogP contribution >= 0.6 is 0 Å². The summed E-state index contributed by atoms with van der Waals surface area (Å²) >= 11 is 0. The molecule has 6 nitrogen and oxygen atoms in total. The summed E-state index contributed by atoms with van der Waals surface area (Å²) in [4.78, 5) is 23.2. The average Bonchev–Trinajstić information content (AvgIpc) is 2.99. The SMILES string of the molecule is COC(=O)c1cccc(C(=O)OCCn2cccn2)c1. The highest BCUT2D eigenvalue weighted by atomic mass is 16.5. The minimum absolute atomic E-state index is 0.211. The van der Waals surface area contributed by atoms with Crippen LogP contribution in [-0.2, 0) is 16.0 Å². The Morgan fingerprint density at radius 1 is 1.20 bits per heavy atom. The van der Waals surface area contributed by atoms with Gasteiger partial charge in [-0.05, 0) is 24.3 Å². The number of rotatable bonds is 5. The summed E-state index contributed by atoms with van der Waals surface area (Å²) in [5.41, 5.74) is 0.627. The Balaban J connectivity index is 1.93. The van der Waals surface area contributed by atoms with Crippen LogP contribution in [0.5, 0.6) is 0 Å². The molecule has 0 aliphatic heterocycles. The van der Waals surface area contributed by atoms with E-state index in [0.29, 0.717) is 17.7 Å². The molecule has 0 fully saturated rings. The fourth-order valence-electron chi connectivity index (χ4n) is 1.64. The van der Waals surface area contributed by atoms with Crippen LogP contribution in [0.2, 0.25) is 0 Å². The van der Waals surface area contributed by atoms with Crippen LogP contribution in [0.4, 0.5) is 0 Å². The third-order valence-corrected chi connectivity index (χ3v) is 2.63. The zero-order valence-electron chi connectivity index (χ0n) is 11.0. The average molecular weight is 274 g/mol. The van der Waals surface area contributed by atoms with E-state index in [9.17, 15) is 9.59 Å². The number of ether oxygens (including phenoxy) is 2. The van der Waals surface area contributed by atoms with E-state index >= 15 is 0 Å². The molecule has 0 aliphatic rings. The summed E-state index contributed by atoms with van der Waals surface area (Å²) in [6.07, 6.45) is 3.44. The molecule has 1 heterocycles. The molecule has 0 radical (unpaired) electrons. The Morgan fingerprint density at radius 3 is 2.60 bits per heavy atom. The normalized spacial score (nSPS) is 10.1. The van der Waals surface area contributed by atoms with Crippen molar-refractivity contribution >= 4 is 11.9 Å². The molecular formula is C14H14N2O4. The third kappa shape index (κ3) is 3.44. The lowest BCUT2D eigenvalue weighted by atomic mass is 10.1. The zero-order chi connectivity index (χ0) is 14.4. The molecule has 0 N–H and O–H groups in total. The molecule has 0 spiro atoms. The number of carbonyl (C=O) groups excluding carboxylic acids is 2. The van der Waals surface area contributed by atoms with Crippen LogP contribution in [0.1, 0.15) is 20.7 Å². The first-order chi connectivity index (χ1) is 9.70. The van der Waals surface area contributed by atoms with Crippen molar-refractivity contribution in [2.45, 2.75) is 6.54 Å². The third-order valence-electron chi connectivity index (χ3n) is 2.63. The first kappa shape index (κ1) is 13.8. The summed E-state index contributed by atoms with van der Waals surface area (Å²) in [5, 5.41) is 4.00. The Hall–Kier alpha value is -2.63. The van der Waals surface area contributed by atoms with Gasteiger partial charge in [0.25, 0.3) is 0 Å². The van der Waals surface area contributed by atoms with Gasteiger partial charge in [0.15, 0.2) is 0 Å². The van der Waals surface area contributed by atoms with Crippen LogP contribution in [0, 0.1) is 0 Å². The van der Waals surface area contributed by atoms with E-state index in [1.165, 1.54) is 13.2 Å². The van der Waals surface area contributed by atoms with Gasteiger partial charge in [0.2, 0.25) is 0 Å². The van der Waals surface area contributed by atoms with Gasteiger partial charge in [0.05, 0.1) is 24.8 Å². The number of methoxy groups -OCH3 is 1. The predicted molar refractivity (Wildman–Crippen MR) is 70.3 cm³/mol. The van der Waals surface area contributed by atoms with E-state index < -0.39 is 11.9 Å². The summed E-state index contributed by atoms with van der Waals surface area (Å²) in [6.45, 7) is 0.693. The quantitative estimate of drug-likeness (QED) is 0.773. The zero-order valence-corrected chi connectivity index (χ0v) is 11.0. The maximum atomic E-state index is 11.8. The molecule has 0 saturated heterocycles. The highest BCUT2D eigenvalue weighted by Gasteiger charge is 2.11. The number of benzene rings is 1. The van der Waals surface area contributed by atoms with E-state index in [-0.39, 0.29) is 6.61 Å². The second-order valence-corrected chi connectivity index (χ2v) is 3.98. The number of nitrogens with zero attached hydrogens (tertiary/aromatic N) is 2. The van der Waals surface area contributed by atoms with Gasteiger partial charge in [0, 0.05) is 12.4 Å². The minimum Gasteiger partial charge on any atom is -0.465 e. The largest absolute Gasteiger partial charge is 0.465 e. The maximum absolute atomic E-state index is 11.8. The molecule has 2 aromatic rings. The monoisotopic (exact) mass is 274 g/mol. The lowest BCUT2D eigenvalue weighted by Crippen LogP contribution is -2.12. The van der Waals surface area contributed by atoms with Crippen molar-refractivity contribution in [2.24, 2.45) is 0 Å². The van der Waals surface area contributed by atoms with Crippen molar-refractivity contribution in [3.05, 3.63) is 53.9 Å². The molecular weight excluding hydrogens is 260 g/mol. The Kier molecular flexibility index (Phi) is 4.49. The Morgan fingerprint density at radius 2 is 1.95 bits per heavy atom. The van der Waals surface area contributed by atoms with Crippen molar-refractivity contribution in [3.63, 3.8) is 0 Å². The molecule has 20 heavy (non-hydrogen) atoms. The minimum atomic E-state index is -0.490. The Bertz CT molecular complexity index is 593. The standard InChI is InChI=1S/C14H14N2O4/c1-19-13(17)11-4-2-5-12(10-11)14(18)20-9-8-16-7-3-6-15-16/h2-7,10H,8-9H2,1H3. The molecule has 0 unspecified atom stereocenters. The van der Waals surface area contributed by atoms with Gasteiger partial charge >= 0.3 is 11.9 Å². The molecule has 0 bridgehead atoms. The van der Waals surface area contributed by atoms with E-state index in [1.807, 2.05) is 0 Å². The summed E-state index contributed by atoms with van der Waals surface area (Å²) in [5.74, 6) is -0.973. The van der Waals surface area contributed by atoms with Gasteiger partial charge < -0.3 is 9.47 Å². The van der Waals surface area contributed by atoms with Gasteiger partial charge in [0.1, 0.15) is 6.61 Å². The van der Waals surface area contributed by atoms with Gasteiger partial charge in [-0.25, -0.2) is 9.59 Å². The molecule has 2 rings (SSSR count). The molecule has 6 heteroatoms. The number of aromatic nitrogens is 2. The lowest BCUT2D eigenvalue weighted by molar-refractivity contribution is 0.0487. The van der Waals surface area contributed by atoms with Crippen molar-refractivity contribution in [2.75, 3.05) is 13.7 Å². The van der Waals surface area contributed by atoms with Crippen LogP contribution in [-0.4, -0.2) is 35.4 Å². The van der Waals surface area contributed by atoms with Crippen molar-refractivity contribution in [1.29, 1.82) is 0 Å². The lowest BCUT2D eigenvalue weighted by Gasteiger charge is -2.06. The van der Waals surface area contributed by atoms with Crippen LogP contribution in [0.15, 0.2) is 42.7 Å². The number of esters is 2. The van der Waals surface area contributed by atoms with Gasteiger partial charge in [-0.2, -0.15) is 5.10 Å². The molecule has 0 amide bonds. The van der Waals surface area contributed by atoms with Crippen LogP contribution in [0.3, 0.4) is 0 Å². The Labute approximate surface area is 115 Å². The molecule has 0 atom stereocenters. The van der Waals surface area contributed by atoms with E-state index in [4.69, 9.17) is 4.74 Å². The van der Waals surface area contributed by atoms with Crippen LogP contribution in [0.25, 0.3) is 0 Å². The van der Waals surface area contributed by atoms with Crippen molar-refractivity contribution < 1.29 is 19.1 Å². The predicted octanol–water partition coefficient (Wildman–Crippen LogP) is 1.53. The first-order valence-corrected chi connectivity index (χ1v) is 6.03. The molecule has 0 aliphatic carbocycles. The van der Waals surface area contributed by atoms with Crippen molar-refractivity contribution in [3.8, 4) is 0 Å². The number of carbonyl (C=O) groups is 2. The second kappa shape index (κ2) is 6.51. The number of hydrogen-bond acceptors (Lipinski definition) is 5. The van der Waals surface area contributed by atoms with E-state index in [1.54, 1.807) is 41.3 Å². The van der Waals surface area contributed by atoms with Crippen LogP contribution < -0.4 is 0 Å². The highest BCUT2D eigenvalue weighted by molar-refractivity contribution is 5.95. The fourth-order valence-corrected chi connectivity index (χ4v) is 1.64. The van der Waals surface area contributed by atoms with E-state index in [2.05, 4.69) is 9.84 Å². The topological polar surface area (TPSA) is 70.4 Å². The van der Waals surface area contributed by atoms with Gasteiger partial charge in [-0.1, -0.05) is 6.07 Å². The molecule has 104 valence electrons.